The van der Waals surface area contributed by atoms with Crippen LogP contribution in [-0.4, -0.2) is 17.4 Å². The molecular weight excluding hydrogens is 264 g/mol. The van der Waals surface area contributed by atoms with E-state index in [1.807, 2.05) is 6.20 Å². The Bertz CT molecular complexity index is 741. The molecule has 0 fully saturated rings. The van der Waals surface area contributed by atoms with Crippen molar-refractivity contribution in [2.45, 2.75) is 19.8 Å². The number of fused-ring (bicyclic) bond motifs is 1. The number of hydrogen-bond donors (Lipinski definition) is 2. The predicted octanol–water partition coefficient (Wildman–Crippen LogP) is 3.30. The van der Waals surface area contributed by atoms with E-state index in [1.165, 1.54) is 34.6 Å². The van der Waals surface area contributed by atoms with Gasteiger partial charge in [-0.25, -0.2) is 0 Å². The van der Waals surface area contributed by atoms with Crippen LogP contribution in [0.15, 0.2) is 47.4 Å². The second-order valence-corrected chi connectivity index (χ2v) is 5.03. The van der Waals surface area contributed by atoms with Crippen LogP contribution in [0.4, 0.5) is 0 Å². The Balaban J connectivity index is 1.67. The first-order chi connectivity index (χ1) is 10.3. The van der Waals surface area contributed by atoms with Gasteiger partial charge in [-0.05, 0) is 30.0 Å². The van der Waals surface area contributed by atoms with Crippen LogP contribution in [0.2, 0.25) is 0 Å². The van der Waals surface area contributed by atoms with Crippen molar-refractivity contribution in [2.24, 2.45) is 0 Å². The molecule has 0 aliphatic carbocycles. The molecule has 1 amide bonds. The van der Waals surface area contributed by atoms with Gasteiger partial charge in [-0.1, -0.05) is 25.1 Å². The summed E-state index contributed by atoms with van der Waals surface area (Å²) < 4.78 is 4.91. The van der Waals surface area contributed by atoms with Gasteiger partial charge in [-0.3, -0.25) is 4.79 Å². The Morgan fingerprint density at radius 2 is 2.19 bits per heavy atom. The number of furan rings is 1. The molecule has 0 aliphatic rings. The molecular formula is C17H18N2O2. The molecule has 3 aromatic rings. The summed E-state index contributed by atoms with van der Waals surface area (Å²) in [6.45, 7) is 2.76. The Hall–Kier alpha value is -2.49. The molecule has 0 bridgehead atoms. The zero-order valence-corrected chi connectivity index (χ0v) is 12.0. The molecule has 0 saturated heterocycles. The van der Waals surface area contributed by atoms with Crippen LogP contribution in [-0.2, 0) is 12.8 Å². The molecule has 1 aromatic carbocycles. The van der Waals surface area contributed by atoms with E-state index in [4.69, 9.17) is 4.42 Å². The summed E-state index contributed by atoms with van der Waals surface area (Å²) in [4.78, 5) is 15.2. The molecule has 4 nitrogen and oxygen atoms in total. The number of aromatic nitrogens is 1. The summed E-state index contributed by atoms with van der Waals surface area (Å²) in [5.74, 6) is -0.0992. The highest BCUT2D eigenvalue weighted by Gasteiger charge is 2.08. The number of carbonyl (C=O) groups excluding carboxylic acids is 1. The normalized spacial score (nSPS) is 10.9. The van der Waals surface area contributed by atoms with Crippen molar-refractivity contribution in [1.82, 2.24) is 10.3 Å². The molecule has 0 atom stereocenters. The monoisotopic (exact) mass is 282 g/mol. The van der Waals surface area contributed by atoms with E-state index < -0.39 is 0 Å². The lowest BCUT2D eigenvalue weighted by atomic mass is 10.1. The second-order valence-electron chi connectivity index (χ2n) is 5.03. The molecule has 2 heterocycles. The minimum absolute atomic E-state index is 0.0992. The van der Waals surface area contributed by atoms with Crippen LogP contribution in [0.5, 0.6) is 0 Å². The highest BCUT2D eigenvalue weighted by Crippen LogP contribution is 2.22. The maximum absolute atomic E-state index is 11.8. The van der Waals surface area contributed by atoms with E-state index in [9.17, 15) is 4.79 Å². The maximum Gasteiger partial charge on any atom is 0.254 e. The van der Waals surface area contributed by atoms with Crippen LogP contribution < -0.4 is 5.32 Å². The van der Waals surface area contributed by atoms with Crippen LogP contribution in [0.1, 0.15) is 28.4 Å². The Morgan fingerprint density at radius 1 is 1.29 bits per heavy atom. The summed E-state index contributed by atoms with van der Waals surface area (Å²) in [6, 6.07) is 8.01. The Labute approximate surface area is 123 Å². The number of H-pyrrole nitrogens is 1. The van der Waals surface area contributed by atoms with Gasteiger partial charge in [0.2, 0.25) is 0 Å². The number of rotatable bonds is 5. The number of aryl methyl sites for hydroxylation is 1. The Morgan fingerprint density at radius 3 is 2.95 bits per heavy atom. The SMILES string of the molecule is CCc1cccc2c(CCNC(=O)c3ccoc3)c[nH]c12. The van der Waals surface area contributed by atoms with Gasteiger partial charge in [-0.2, -0.15) is 0 Å². The fraction of sp³-hybridized carbons (Fsp3) is 0.235. The molecule has 0 radical (unpaired) electrons. The molecule has 2 N–H and O–H groups in total. The Kier molecular flexibility index (Phi) is 3.77. The molecule has 21 heavy (non-hydrogen) atoms. The van der Waals surface area contributed by atoms with E-state index >= 15 is 0 Å². The number of hydrogen-bond acceptors (Lipinski definition) is 2. The molecule has 3 rings (SSSR count). The molecule has 2 aromatic heterocycles. The highest BCUT2D eigenvalue weighted by molar-refractivity contribution is 5.93. The number of carbonyl (C=O) groups is 1. The van der Waals surface area contributed by atoms with E-state index in [1.54, 1.807) is 6.07 Å². The molecule has 0 saturated carbocycles. The smallest absolute Gasteiger partial charge is 0.254 e. The van der Waals surface area contributed by atoms with Crippen LogP contribution in [0, 0.1) is 0 Å². The first-order valence-corrected chi connectivity index (χ1v) is 7.18. The summed E-state index contributed by atoms with van der Waals surface area (Å²) in [5.41, 5.74) is 4.31. The number of amides is 1. The van der Waals surface area contributed by atoms with Gasteiger partial charge in [-0.15, -0.1) is 0 Å². The fourth-order valence-electron chi connectivity index (χ4n) is 2.58. The third-order valence-electron chi connectivity index (χ3n) is 3.73. The number of para-hydroxylation sites is 1. The molecule has 0 aliphatic heterocycles. The molecule has 0 spiro atoms. The van der Waals surface area contributed by atoms with Crippen molar-refractivity contribution in [3.63, 3.8) is 0 Å². The fourth-order valence-corrected chi connectivity index (χ4v) is 2.58. The van der Waals surface area contributed by atoms with Gasteiger partial charge in [0.1, 0.15) is 6.26 Å². The third kappa shape index (κ3) is 2.70. The van der Waals surface area contributed by atoms with E-state index in [0.717, 1.165) is 12.8 Å². The standard InChI is InChI=1S/C17H18N2O2/c1-2-12-4-3-5-15-13(10-19-16(12)15)6-8-18-17(20)14-7-9-21-11-14/h3-5,7,9-11,19H,2,6,8H2,1H3,(H,18,20). The van der Waals surface area contributed by atoms with E-state index in [0.29, 0.717) is 12.1 Å². The van der Waals surface area contributed by atoms with Gasteiger partial charge in [0.05, 0.1) is 11.8 Å². The molecule has 108 valence electrons. The van der Waals surface area contributed by atoms with Gasteiger partial charge >= 0.3 is 0 Å². The average Bonchev–Trinajstić information content (AvgIpc) is 3.16. The topological polar surface area (TPSA) is 58.0 Å². The largest absolute Gasteiger partial charge is 0.472 e. The van der Waals surface area contributed by atoms with Crippen molar-refractivity contribution < 1.29 is 9.21 Å². The summed E-state index contributed by atoms with van der Waals surface area (Å²) in [6.07, 6.45) is 6.80. The predicted molar refractivity (Wildman–Crippen MR) is 82.4 cm³/mol. The first-order valence-electron chi connectivity index (χ1n) is 7.18. The zero-order chi connectivity index (χ0) is 14.7. The second kappa shape index (κ2) is 5.87. The van der Waals surface area contributed by atoms with Gasteiger partial charge in [0.25, 0.3) is 5.91 Å². The third-order valence-corrected chi connectivity index (χ3v) is 3.73. The number of nitrogens with one attached hydrogen (secondary N) is 2. The summed E-state index contributed by atoms with van der Waals surface area (Å²) in [5, 5.41) is 4.15. The van der Waals surface area contributed by atoms with Crippen LogP contribution in [0.25, 0.3) is 10.9 Å². The quantitative estimate of drug-likeness (QED) is 0.754. The number of aromatic amines is 1. The molecule has 0 unspecified atom stereocenters. The zero-order valence-electron chi connectivity index (χ0n) is 12.0. The average molecular weight is 282 g/mol. The van der Waals surface area contributed by atoms with E-state index in [-0.39, 0.29) is 5.91 Å². The van der Waals surface area contributed by atoms with Crippen LogP contribution in [0.3, 0.4) is 0 Å². The van der Waals surface area contributed by atoms with Gasteiger partial charge in [0, 0.05) is 23.6 Å². The minimum Gasteiger partial charge on any atom is -0.472 e. The van der Waals surface area contributed by atoms with Crippen LogP contribution >= 0.6 is 0 Å². The van der Waals surface area contributed by atoms with Crippen molar-refractivity contribution in [2.75, 3.05) is 6.54 Å². The first kappa shape index (κ1) is 13.5. The lowest BCUT2D eigenvalue weighted by molar-refractivity contribution is 0.0953. The number of benzene rings is 1. The van der Waals surface area contributed by atoms with Gasteiger partial charge in [0.15, 0.2) is 0 Å². The maximum atomic E-state index is 11.8. The summed E-state index contributed by atoms with van der Waals surface area (Å²) in [7, 11) is 0. The van der Waals surface area contributed by atoms with E-state index in [2.05, 4.69) is 35.4 Å². The van der Waals surface area contributed by atoms with Crippen molar-refractivity contribution in [3.05, 3.63) is 59.7 Å². The van der Waals surface area contributed by atoms with Gasteiger partial charge < -0.3 is 14.7 Å². The lowest BCUT2D eigenvalue weighted by Gasteiger charge is -2.04. The minimum atomic E-state index is -0.0992. The summed E-state index contributed by atoms with van der Waals surface area (Å²) >= 11 is 0. The molecule has 4 heteroatoms. The van der Waals surface area contributed by atoms with Crippen molar-refractivity contribution in [1.29, 1.82) is 0 Å². The highest BCUT2D eigenvalue weighted by atomic mass is 16.3. The van der Waals surface area contributed by atoms with Crippen molar-refractivity contribution in [3.8, 4) is 0 Å². The van der Waals surface area contributed by atoms with Crippen molar-refractivity contribution >= 4 is 16.8 Å². The lowest BCUT2D eigenvalue weighted by Crippen LogP contribution is -2.25.